The number of pyridine rings is 1. The largest absolute Gasteiger partial charge is 0.329 e. The van der Waals surface area contributed by atoms with Gasteiger partial charge >= 0.3 is 0 Å². The van der Waals surface area contributed by atoms with Gasteiger partial charge in [-0.15, -0.1) is 0 Å². The standard InChI is InChI=1S/C13H17N3S/c1-3-13(6-7-13)8-16-11-10(15-12(16)17)5-4-9(2)14-11/h4-5H,3,6-8H2,1-2H3,(H,15,17). The monoisotopic (exact) mass is 247 g/mol. The highest BCUT2D eigenvalue weighted by Gasteiger charge is 2.41. The first-order valence-electron chi connectivity index (χ1n) is 6.20. The van der Waals surface area contributed by atoms with Crippen molar-refractivity contribution in [3.63, 3.8) is 0 Å². The first-order chi connectivity index (χ1) is 8.13. The van der Waals surface area contributed by atoms with Gasteiger partial charge in [-0.2, -0.15) is 0 Å². The zero-order valence-corrected chi connectivity index (χ0v) is 11.1. The lowest BCUT2D eigenvalue weighted by Gasteiger charge is -2.13. The smallest absolute Gasteiger partial charge is 0.179 e. The Kier molecular flexibility index (Phi) is 2.36. The third kappa shape index (κ3) is 1.80. The fraction of sp³-hybridized carbons (Fsp3) is 0.538. The van der Waals surface area contributed by atoms with Crippen molar-refractivity contribution in [1.82, 2.24) is 14.5 Å². The van der Waals surface area contributed by atoms with Gasteiger partial charge in [0.25, 0.3) is 0 Å². The van der Waals surface area contributed by atoms with Gasteiger partial charge in [0.1, 0.15) is 0 Å². The number of aryl methyl sites for hydroxylation is 1. The molecule has 1 fully saturated rings. The van der Waals surface area contributed by atoms with Crippen LogP contribution in [0.25, 0.3) is 11.2 Å². The Labute approximate surface area is 106 Å². The second-order valence-electron chi connectivity index (χ2n) is 5.19. The molecule has 4 heteroatoms. The molecule has 1 aliphatic rings. The summed E-state index contributed by atoms with van der Waals surface area (Å²) in [6.07, 6.45) is 3.88. The number of aromatic nitrogens is 3. The highest BCUT2D eigenvalue weighted by Crippen LogP contribution is 2.50. The van der Waals surface area contributed by atoms with E-state index in [0.29, 0.717) is 5.41 Å². The molecule has 2 heterocycles. The number of imidazole rings is 1. The first-order valence-corrected chi connectivity index (χ1v) is 6.61. The average Bonchev–Trinajstić information content (AvgIpc) is 3.03. The molecule has 0 aliphatic heterocycles. The third-order valence-electron chi connectivity index (χ3n) is 3.96. The molecular formula is C13H17N3S. The lowest BCUT2D eigenvalue weighted by Crippen LogP contribution is -2.11. The van der Waals surface area contributed by atoms with E-state index in [2.05, 4.69) is 27.5 Å². The first kappa shape index (κ1) is 11.0. The Morgan fingerprint density at radius 3 is 2.88 bits per heavy atom. The molecule has 90 valence electrons. The Morgan fingerprint density at radius 2 is 2.24 bits per heavy atom. The Bertz CT molecular complexity index is 619. The molecule has 2 aromatic heterocycles. The summed E-state index contributed by atoms with van der Waals surface area (Å²) in [4.78, 5) is 7.85. The van der Waals surface area contributed by atoms with Crippen LogP contribution in [-0.2, 0) is 6.54 Å². The van der Waals surface area contributed by atoms with Crippen molar-refractivity contribution < 1.29 is 0 Å². The van der Waals surface area contributed by atoms with E-state index in [1.165, 1.54) is 19.3 Å². The SMILES string of the molecule is CCC1(Cn2c(=S)[nH]c3ccc(C)nc32)CC1. The minimum Gasteiger partial charge on any atom is -0.329 e. The van der Waals surface area contributed by atoms with Crippen molar-refractivity contribution >= 4 is 23.4 Å². The maximum absolute atomic E-state index is 5.41. The number of hydrogen-bond donors (Lipinski definition) is 1. The van der Waals surface area contributed by atoms with Crippen LogP contribution in [0.1, 0.15) is 31.9 Å². The zero-order chi connectivity index (χ0) is 12.0. The summed E-state index contributed by atoms with van der Waals surface area (Å²) in [7, 11) is 0. The summed E-state index contributed by atoms with van der Waals surface area (Å²) in [6.45, 7) is 5.30. The molecule has 1 aliphatic carbocycles. The molecule has 0 bridgehead atoms. The van der Waals surface area contributed by atoms with Crippen LogP contribution in [0.5, 0.6) is 0 Å². The fourth-order valence-electron chi connectivity index (χ4n) is 2.41. The highest BCUT2D eigenvalue weighted by atomic mass is 32.1. The number of nitrogens with zero attached hydrogens (tertiary/aromatic N) is 2. The molecule has 1 saturated carbocycles. The maximum Gasteiger partial charge on any atom is 0.179 e. The second-order valence-corrected chi connectivity index (χ2v) is 5.58. The molecule has 0 unspecified atom stereocenters. The molecule has 0 saturated heterocycles. The van der Waals surface area contributed by atoms with Crippen LogP contribution in [0.2, 0.25) is 0 Å². The van der Waals surface area contributed by atoms with Crippen molar-refractivity contribution in [1.29, 1.82) is 0 Å². The molecule has 17 heavy (non-hydrogen) atoms. The van der Waals surface area contributed by atoms with E-state index in [-0.39, 0.29) is 0 Å². The Morgan fingerprint density at radius 1 is 1.47 bits per heavy atom. The predicted molar refractivity (Wildman–Crippen MR) is 71.6 cm³/mol. The van der Waals surface area contributed by atoms with E-state index in [4.69, 9.17) is 12.2 Å². The summed E-state index contributed by atoms with van der Waals surface area (Å²) < 4.78 is 2.98. The molecule has 2 aromatic rings. The van der Waals surface area contributed by atoms with Crippen molar-refractivity contribution in [3.05, 3.63) is 22.6 Å². The summed E-state index contributed by atoms with van der Waals surface area (Å²) >= 11 is 5.41. The quantitative estimate of drug-likeness (QED) is 0.841. The highest BCUT2D eigenvalue weighted by molar-refractivity contribution is 7.71. The van der Waals surface area contributed by atoms with Gasteiger partial charge in [-0.3, -0.25) is 0 Å². The van der Waals surface area contributed by atoms with Gasteiger partial charge in [-0.05, 0) is 56.0 Å². The number of nitrogens with one attached hydrogen (secondary N) is 1. The van der Waals surface area contributed by atoms with E-state index in [1.807, 2.05) is 13.0 Å². The van der Waals surface area contributed by atoms with Crippen LogP contribution >= 0.6 is 12.2 Å². The Hall–Kier alpha value is -1.16. The number of fused-ring (bicyclic) bond motifs is 1. The normalized spacial score (nSPS) is 17.5. The molecule has 0 atom stereocenters. The molecule has 0 spiro atoms. The van der Waals surface area contributed by atoms with Crippen molar-refractivity contribution in [2.45, 2.75) is 39.7 Å². The van der Waals surface area contributed by atoms with Gasteiger partial charge in [-0.1, -0.05) is 6.92 Å². The molecule has 1 N–H and O–H groups in total. The zero-order valence-electron chi connectivity index (χ0n) is 10.3. The minimum absolute atomic E-state index is 0.485. The lowest BCUT2D eigenvalue weighted by molar-refractivity contribution is 0.411. The van der Waals surface area contributed by atoms with Crippen LogP contribution in [-0.4, -0.2) is 14.5 Å². The minimum atomic E-state index is 0.485. The molecule has 0 amide bonds. The number of aromatic amines is 1. The second kappa shape index (κ2) is 3.67. The van der Waals surface area contributed by atoms with Gasteiger partial charge in [0.15, 0.2) is 10.4 Å². The topological polar surface area (TPSA) is 33.6 Å². The van der Waals surface area contributed by atoms with Crippen LogP contribution in [0.4, 0.5) is 0 Å². The molecule has 0 aromatic carbocycles. The van der Waals surface area contributed by atoms with Crippen LogP contribution in [0.15, 0.2) is 12.1 Å². The summed E-state index contributed by atoms with van der Waals surface area (Å²) in [5, 5.41) is 0. The van der Waals surface area contributed by atoms with Crippen LogP contribution in [0, 0.1) is 17.1 Å². The summed E-state index contributed by atoms with van der Waals surface area (Å²) in [5.41, 5.74) is 3.59. The predicted octanol–water partition coefficient (Wildman–Crippen LogP) is 3.59. The van der Waals surface area contributed by atoms with Gasteiger partial charge in [-0.25, -0.2) is 4.98 Å². The van der Waals surface area contributed by atoms with Crippen molar-refractivity contribution in [2.24, 2.45) is 5.41 Å². The van der Waals surface area contributed by atoms with Crippen molar-refractivity contribution in [3.8, 4) is 0 Å². The maximum atomic E-state index is 5.41. The van der Waals surface area contributed by atoms with Crippen molar-refractivity contribution in [2.75, 3.05) is 0 Å². The molecular weight excluding hydrogens is 230 g/mol. The Balaban J connectivity index is 2.11. The van der Waals surface area contributed by atoms with E-state index in [1.54, 1.807) is 0 Å². The third-order valence-corrected chi connectivity index (χ3v) is 4.28. The van der Waals surface area contributed by atoms with E-state index in [9.17, 15) is 0 Å². The van der Waals surface area contributed by atoms with E-state index < -0.39 is 0 Å². The summed E-state index contributed by atoms with van der Waals surface area (Å²) in [6, 6.07) is 4.08. The number of hydrogen-bond acceptors (Lipinski definition) is 2. The van der Waals surface area contributed by atoms with E-state index in [0.717, 1.165) is 28.2 Å². The van der Waals surface area contributed by atoms with E-state index >= 15 is 0 Å². The summed E-state index contributed by atoms with van der Waals surface area (Å²) in [5.74, 6) is 0. The fourth-order valence-corrected chi connectivity index (χ4v) is 2.67. The van der Waals surface area contributed by atoms with Gasteiger partial charge in [0, 0.05) is 12.2 Å². The van der Waals surface area contributed by atoms with Gasteiger partial charge in [0.05, 0.1) is 5.52 Å². The van der Waals surface area contributed by atoms with Crippen LogP contribution in [0.3, 0.4) is 0 Å². The molecule has 0 radical (unpaired) electrons. The van der Waals surface area contributed by atoms with Crippen LogP contribution < -0.4 is 0 Å². The van der Waals surface area contributed by atoms with Gasteiger partial charge in [0.2, 0.25) is 0 Å². The van der Waals surface area contributed by atoms with Gasteiger partial charge < -0.3 is 9.55 Å². The molecule has 3 rings (SSSR count). The average molecular weight is 247 g/mol. The number of H-pyrrole nitrogens is 1. The lowest BCUT2D eigenvalue weighted by atomic mass is 10.0. The number of rotatable bonds is 3. The molecule has 3 nitrogen and oxygen atoms in total.